The van der Waals surface area contributed by atoms with Gasteiger partial charge in [0.1, 0.15) is 5.75 Å². The number of halogens is 1. The lowest BCUT2D eigenvalue weighted by Gasteiger charge is -2.03. The van der Waals surface area contributed by atoms with Gasteiger partial charge < -0.3 is 0 Å². The molecule has 0 aliphatic carbocycles. The molecule has 3 nitrogen and oxygen atoms in total. The maximum Gasteiger partial charge on any atom is 0.188 e. The molecule has 0 N–H and O–H groups in total. The van der Waals surface area contributed by atoms with Crippen LogP contribution in [-0.2, 0) is 9.84 Å². The Kier molecular flexibility index (Phi) is 3.85. The molecule has 1 aromatic heterocycles. The molecule has 0 aliphatic heterocycles. The van der Waals surface area contributed by atoms with Gasteiger partial charge in [-0.25, -0.2) is 8.42 Å². The maximum absolute atomic E-state index is 12.0. The van der Waals surface area contributed by atoms with E-state index in [1.807, 2.05) is 0 Å². The maximum atomic E-state index is 12.0. The second-order valence-corrected chi connectivity index (χ2v) is 6.99. The number of ketones is 1. The quantitative estimate of drug-likeness (QED) is 0.815. The Morgan fingerprint density at radius 1 is 1.17 bits per heavy atom. The molecule has 0 bridgehead atoms. The minimum absolute atomic E-state index is 0.108. The lowest BCUT2D eigenvalue weighted by atomic mass is 10.3. The molecule has 1 heterocycles. The summed E-state index contributed by atoms with van der Waals surface area (Å²) in [5, 5.41) is 2.20. The first kappa shape index (κ1) is 13.3. The number of sulfone groups is 1. The molecule has 0 saturated heterocycles. The molecule has 2 rings (SSSR count). The van der Waals surface area contributed by atoms with E-state index in [2.05, 4.69) is 0 Å². The van der Waals surface area contributed by atoms with E-state index in [1.165, 1.54) is 35.6 Å². The summed E-state index contributed by atoms with van der Waals surface area (Å²) in [7, 11) is -3.60. The summed E-state index contributed by atoms with van der Waals surface area (Å²) in [5.41, 5.74) is 0. The lowest BCUT2D eigenvalue weighted by Crippen LogP contribution is -2.15. The zero-order valence-corrected chi connectivity index (χ0v) is 11.6. The zero-order chi connectivity index (χ0) is 13.2. The minimum Gasteiger partial charge on any atom is -0.292 e. The Morgan fingerprint density at radius 2 is 1.83 bits per heavy atom. The van der Waals surface area contributed by atoms with Crippen molar-refractivity contribution >= 4 is 38.6 Å². The third kappa shape index (κ3) is 2.98. The third-order valence-corrected chi connectivity index (χ3v) is 5.09. The topological polar surface area (TPSA) is 51.2 Å². The second kappa shape index (κ2) is 5.22. The van der Waals surface area contributed by atoms with Crippen LogP contribution in [-0.4, -0.2) is 20.0 Å². The molecule has 0 saturated carbocycles. The van der Waals surface area contributed by atoms with E-state index in [1.54, 1.807) is 17.5 Å². The van der Waals surface area contributed by atoms with Gasteiger partial charge in [-0.1, -0.05) is 17.7 Å². The molecule has 94 valence electrons. The van der Waals surface area contributed by atoms with Crippen molar-refractivity contribution in [2.75, 3.05) is 5.75 Å². The van der Waals surface area contributed by atoms with Crippen LogP contribution in [0.1, 0.15) is 9.67 Å². The highest BCUT2D eigenvalue weighted by molar-refractivity contribution is 7.92. The van der Waals surface area contributed by atoms with Gasteiger partial charge in [0, 0.05) is 5.02 Å². The predicted molar refractivity (Wildman–Crippen MR) is 72.2 cm³/mol. The largest absolute Gasteiger partial charge is 0.292 e. The minimum atomic E-state index is -3.60. The van der Waals surface area contributed by atoms with Crippen molar-refractivity contribution in [3.05, 3.63) is 51.7 Å². The Hall–Kier alpha value is -1.17. The summed E-state index contributed by atoms with van der Waals surface area (Å²) < 4.78 is 24.0. The molecule has 0 atom stereocenters. The van der Waals surface area contributed by atoms with Gasteiger partial charge >= 0.3 is 0 Å². The van der Waals surface area contributed by atoms with E-state index >= 15 is 0 Å². The second-order valence-electron chi connectivity index (χ2n) is 3.61. The number of Topliss-reactive ketones (excluding diaryl/α,β-unsaturated/α-hetero) is 1. The summed E-state index contributed by atoms with van der Waals surface area (Å²) in [4.78, 5) is 12.3. The van der Waals surface area contributed by atoms with Crippen LogP contribution in [0.5, 0.6) is 0 Å². The lowest BCUT2D eigenvalue weighted by molar-refractivity contribution is 0.102. The fourth-order valence-electron chi connectivity index (χ4n) is 1.41. The molecule has 6 heteroatoms. The number of thiophene rings is 1. The van der Waals surface area contributed by atoms with Gasteiger partial charge in [-0.05, 0) is 35.7 Å². The number of rotatable bonds is 4. The van der Waals surface area contributed by atoms with Crippen molar-refractivity contribution < 1.29 is 13.2 Å². The number of carbonyl (C=O) groups excluding carboxylic acids is 1. The molecular weight excluding hydrogens is 292 g/mol. The summed E-state index contributed by atoms with van der Waals surface area (Å²) >= 11 is 6.92. The first-order valence-corrected chi connectivity index (χ1v) is 7.95. The number of carbonyl (C=O) groups is 1. The number of hydrogen-bond acceptors (Lipinski definition) is 4. The Balaban J connectivity index is 2.22. The van der Waals surface area contributed by atoms with Crippen LogP contribution < -0.4 is 0 Å². The van der Waals surface area contributed by atoms with E-state index in [4.69, 9.17) is 11.6 Å². The number of benzene rings is 1. The van der Waals surface area contributed by atoms with Gasteiger partial charge in [-0.2, -0.15) is 0 Å². The molecule has 0 fully saturated rings. The molecule has 0 aliphatic rings. The Labute approximate surface area is 114 Å². The number of hydrogen-bond donors (Lipinski definition) is 0. The van der Waals surface area contributed by atoms with Crippen LogP contribution in [0.15, 0.2) is 46.7 Å². The van der Waals surface area contributed by atoms with Crippen molar-refractivity contribution in [3.63, 3.8) is 0 Å². The van der Waals surface area contributed by atoms with Gasteiger partial charge in [0.25, 0.3) is 0 Å². The van der Waals surface area contributed by atoms with Gasteiger partial charge in [0.05, 0.1) is 9.77 Å². The average molecular weight is 301 g/mol. The fraction of sp³-hybridized carbons (Fsp3) is 0.0833. The van der Waals surface area contributed by atoms with Crippen LogP contribution in [0.25, 0.3) is 0 Å². The van der Waals surface area contributed by atoms with E-state index in [-0.39, 0.29) is 10.7 Å². The van der Waals surface area contributed by atoms with Gasteiger partial charge in [0.2, 0.25) is 0 Å². The van der Waals surface area contributed by atoms with E-state index in [0.717, 1.165) is 0 Å². The first-order valence-electron chi connectivity index (χ1n) is 5.04. The fourth-order valence-corrected chi connectivity index (χ4v) is 3.51. The Morgan fingerprint density at radius 3 is 2.39 bits per heavy atom. The smallest absolute Gasteiger partial charge is 0.188 e. The summed E-state index contributed by atoms with van der Waals surface area (Å²) in [6.07, 6.45) is 0. The average Bonchev–Trinajstić information content (AvgIpc) is 2.82. The Bertz CT molecular complexity index is 643. The van der Waals surface area contributed by atoms with Crippen LogP contribution in [0.3, 0.4) is 0 Å². The molecule has 0 unspecified atom stereocenters. The summed E-state index contributed by atoms with van der Waals surface area (Å²) in [6.45, 7) is 0. The van der Waals surface area contributed by atoms with Crippen molar-refractivity contribution in [2.24, 2.45) is 0 Å². The predicted octanol–water partition coefficient (Wildman–Crippen LogP) is 3.06. The van der Waals surface area contributed by atoms with E-state index in [0.29, 0.717) is 9.90 Å². The molecule has 0 amide bonds. The molecule has 0 spiro atoms. The third-order valence-electron chi connectivity index (χ3n) is 2.29. The van der Waals surface area contributed by atoms with Crippen molar-refractivity contribution in [2.45, 2.75) is 4.90 Å². The van der Waals surface area contributed by atoms with Gasteiger partial charge in [-0.3, -0.25) is 4.79 Å². The van der Waals surface area contributed by atoms with Crippen LogP contribution >= 0.6 is 22.9 Å². The van der Waals surface area contributed by atoms with Crippen molar-refractivity contribution in [1.82, 2.24) is 0 Å². The van der Waals surface area contributed by atoms with E-state index < -0.39 is 15.6 Å². The van der Waals surface area contributed by atoms with Crippen LogP contribution in [0, 0.1) is 0 Å². The zero-order valence-electron chi connectivity index (χ0n) is 9.17. The molecule has 1 aromatic carbocycles. The molecular formula is C12H9ClO3S2. The molecule has 0 radical (unpaired) electrons. The summed E-state index contributed by atoms with van der Waals surface area (Å²) in [5.74, 6) is -0.908. The monoisotopic (exact) mass is 300 g/mol. The molecule has 2 aromatic rings. The summed E-state index contributed by atoms with van der Waals surface area (Å²) in [6, 6.07) is 9.12. The standard InChI is InChI=1S/C12H9ClO3S2/c13-9-3-5-10(6-4-9)18(15,16)8-11(14)12-2-1-7-17-12/h1-7H,8H2. The van der Waals surface area contributed by atoms with Gasteiger partial charge in [-0.15, -0.1) is 11.3 Å². The first-order chi connectivity index (χ1) is 8.49. The molecule has 18 heavy (non-hydrogen) atoms. The highest BCUT2D eigenvalue weighted by Gasteiger charge is 2.20. The van der Waals surface area contributed by atoms with Crippen LogP contribution in [0.4, 0.5) is 0 Å². The normalized spacial score (nSPS) is 11.4. The SMILES string of the molecule is O=C(CS(=O)(=O)c1ccc(Cl)cc1)c1cccs1. The highest BCUT2D eigenvalue weighted by atomic mass is 35.5. The van der Waals surface area contributed by atoms with Crippen molar-refractivity contribution in [1.29, 1.82) is 0 Å². The van der Waals surface area contributed by atoms with Crippen molar-refractivity contribution in [3.8, 4) is 0 Å². The van der Waals surface area contributed by atoms with Gasteiger partial charge in [0.15, 0.2) is 15.6 Å². The van der Waals surface area contributed by atoms with E-state index in [9.17, 15) is 13.2 Å². The highest BCUT2D eigenvalue weighted by Crippen LogP contribution is 2.17. The van der Waals surface area contributed by atoms with Crippen LogP contribution in [0.2, 0.25) is 5.02 Å².